The first-order valence-electron chi connectivity index (χ1n) is 3.01. The van der Waals surface area contributed by atoms with E-state index in [9.17, 15) is 0 Å². The average Bonchev–Trinajstić information content (AvgIpc) is 2.47. The number of hydrogen-bond acceptors (Lipinski definition) is 2. The summed E-state index contributed by atoms with van der Waals surface area (Å²) >= 11 is 0. The Morgan fingerprint density at radius 2 is 2.38 bits per heavy atom. The number of hydrogen-bond donors (Lipinski definition) is 1. The van der Waals surface area contributed by atoms with E-state index >= 15 is 0 Å². The Kier molecular flexibility index (Phi) is 1.29. The average molecular weight is 116 g/mol. The van der Waals surface area contributed by atoms with Gasteiger partial charge in [-0.1, -0.05) is 6.92 Å². The number of rotatable bonds is 2. The van der Waals surface area contributed by atoms with Crippen LogP contribution in [0.2, 0.25) is 0 Å². The van der Waals surface area contributed by atoms with Gasteiger partial charge >= 0.3 is 0 Å². The Morgan fingerprint density at radius 1 is 1.88 bits per heavy atom. The van der Waals surface area contributed by atoms with Gasteiger partial charge in [-0.2, -0.15) is 0 Å². The van der Waals surface area contributed by atoms with Gasteiger partial charge < -0.3 is 9.84 Å². The summed E-state index contributed by atoms with van der Waals surface area (Å²) in [4.78, 5) is 0. The Hall–Kier alpha value is -0.0800. The van der Waals surface area contributed by atoms with E-state index in [0.29, 0.717) is 0 Å². The van der Waals surface area contributed by atoms with Crippen LogP contribution in [0.15, 0.2) is 0 Å². The molecule has 0 aliphatic carbocycles. The third kappa shape index (κ3) is 0.858. The van der Waals surface area contributed by atoms with Crippen LogP contribution in [0.4, 0.5) is 0 Å². The van der Waals surface area contributed by atoms with Crippen molar-refractivity contribution in [3.8, 4) is 0 Å². The largest absolute Gasteiger partial charge is 0.390 e. The summed E-state index contributed by atoms with van der Waals surface area (Å²) < 4.78 is 5.00. The van der Waals surface area contributed by atoms with Gasteiger partial charge in [-0.25, -0.2) is 0 Å². The standard InChI is InChI=1S/C6H12O2/c1-3-5(7)6(2)4-8-6/h5,7H,3-4H2,1-2H3. The number of ether oxygens (including phenoxy) is 1. The molecule has 2 unspecified atom stereocenters. The molecule has 0 aromatic carbocycles. The van der Waals surface area contributed by atoms with E-state index in [0.717, 1.165) is 13.0 Å². The molecule has 0 spiro atoms. The van der Waals surface area contributed by atoms with Gasteiger partial charge in [-0.3, -0.25) is 0 Å². The molecule has 0 aromatic heterocycles. The Balaban J connectivity index is 2.34. The van der Waals surface area contributed by atoms with Gasteiger partial charge in [-0.15, -0.1) is 0 Å². The maximum absolute atomic E-state index is 9.13. The molecule has 0 amide bonds. The molecule has 0 aromatic rings. The van der Waals surface area contributed by atoms with Crippen molar-refractivity contribution in [1.82, 2.24) is 0 Å². The van der Waals surface area contributed by atoms with Crippen LogP contribution in [0.5, 0.6) is 0 Å². The van der Waals surface area contributed by atoms with Crippen molar-refractivity contribution in [2.75, 3.05) is 6.61 Å². The van der Waals surface area contributed by atoms with Crippen molar-refractivity contribution < 1.29 is 9.84 Å². The van der Waals surface area contributed by atoms with Crippen molar-refractivity contribution in [1.29, 1.82) is 0 Å². The van der Waals surface area contributed by atoms with Crippen molar-refractivity contribution in [3.63, 3.8) is 0 Å². The van der Waals surface area contributed by atoms with Crippen LogP contribution in [0.25, 0.3) is 0 Å². The third-order valence-corrected chi connectivity index (χ3v) is 1.69. The molecule has 0 bridgehead atoms. The van der Waals surface area contributed by atoms with Gasteiger partial charge in [0.2, 0.25) is 0 Å². The van der Waals surface area contributed by atoms with Crippen LogP contribution < -0.4 is 0 Å². The zero-order chi connectivity index (χ0) is 6.20. The maximum atomic E-state index is 9.13. The third-order valence-electron chi connectivity index (χ3n) is 1.69. The van der Waals surface area contributed by atoms with E-state index in [1.165, 1.54) is 0 Å². The molecule has 2 atom stereocenters. The number of aliphatic hydroxyl groups excluding tert-OH is 1. The second-order valence-electron chi connectivity index (χ2n) is 2.53. The van der Waals surface area contributed by atoms with Crippen molar-refractivity contribution in [2.45, 2.75) is 32.0 Å². The molecule has 1 rings (SSSR count). The summed E-state index contributed by atoms with van der Waals surface area (Å²) in [7, 11) is 0. The molecule has 1 heterocycles. The van der Waals surface area contributed by atoms with Gasteiger partial charge in [0.1, 0.15) is 5.60 Å². The molecular formula is C6H12O2. The summed E-state index contributed by atoms with van der Waals surface area (Å²) in [5.41, 5.74) is -0.186. The number of aliphatic hydroxyl groups is 1. The first-order valence-corrected chi connectivity index (χ1v) is 3.01. The fourth-order valence-electron chi connectivity index (χ4n) is 0.738. The lowest BCUT2D eigenvalue weighted by atomic mass is 10.0. The minimum absolute atomic E-state index is 0.186. The summed E-state index contributed by atoms with van der Waals surface area (Å²) in [6.45, 7) is 4.61. The minimum atomic E-state index is -0.262. The monoisotopic (exact) mass is 116 g/mol. The van der Waals surface area contributed by atoms with Gasteiger partial charge in [0.05, 0.1) is 12.7 Å². The molecule has 1 N–H and O–H groups in total. The van der Waals surface area contributed by atoms with Crippen LogP contribution in [-0.2, 0) is 4.74 Å². The van der Waals surface area contributed by atoms with Crippen LogP contribution in [0.1, 0.15) is 20.3 Å². The van der Waals surface area contributed by atoms with E-state index in [1.54, 1.807) is 0 Å². The summed E-state index contributed by atoms with van der Waals surface area (Å²) in [5, 5.41) is 9.13. The quantitative estimate of drug-likeness (QED) is 0.534. The Morgan fingerprint density at radius 3 is 2.50 bits per heavy atom. The smallest absolute Gasteiger partial charge is 0.114 e. The van der Waals surface area contributed by atoms with Crippen LogP contribution in [0, 0.1) is 0 Å². The van der Waals surface area contributed by atoms with E-state index in [1.807, 2.05) is 13.8 Å². The fraction of sp³-hybridized carbons (Fsp3) is 1.00. The van der Waals surface area contributed by atoms with E-state index < -0.39 is 0 Å². The topological polar surface area (TPSA) is 32.8 Å². The Labute approximate surface area is 49.5 Å². The highest BCUT2D eigenvalue weighted by Gasteiger charge is 2.45. The molecule has 1 aliphatic rings. The van der Waals surface area contributed by atoms with E-state index in [4.69, 9.17) is 9.84 Å². The van der Waals surface area contributed by atoms with Crippen LogP contribution >= 0.6 is 0 Å². The molecule has 1 aliphatic heterocycles. The lowest BCUT2D eigenvalue weighted by molar-refractivity contribution is 0.0817. The fourth-order valence-corrected chi connectivity index (χ4v) is 0.738. The SMILES string of the molecule is CCC(O)C1(C)CO1. The molecule has 2 heteroatoms. The van der Waals surface area contributed by atoms with Crippen molar-refractivity contribution >= 4 is 0 Å². The second kappa shape index (κ2) is 1.71. The van der Waals surface area contributed by atoms with E-state index in [-0.39, 0.29) is 11.7 Å². The minimum Gasteiger partial charge on any atom is -0.390 e. The molecule has 0 radical (unpaired) electrons. The first-order chi connectivity index (χ1) is 3.69. The summed E-state index contributed by atoms with van der Waals surface area (Å²) in [6.07, 6.45) is 0.527. The molecule has 8 heavy (non-hydrogen) atoms. The van der Waals surface area contributed by atoms with Gasteiger partial charge in [-0.05, 0) is 13.3 Å². The lowest BCUT2D eigenvalue weighted by Gasteiger charge is -2.10. The van der Waals surface area contributed by atoms with Crippen LogP contribution in [0.3, 0.4) is 0 Å². The van der Waals surface area contributed by atoms with Gasteiger partial charge in [0.15, 0.2) is 0 Å². The molecule has 48 valence electrons. The molecule has 2 nitrogen and oxygen atoms in total. The summed E-state index contributed by atoms with van der Waals surface area (Å²) in [6, 6.07) is 0. The number of epoxide rings is 1. The summed E-state index contributed by atoms with van der Waals surface area (Å²) in [5.74, 6) is 0. The van der Waals surface area contributed by atoms with Crippen LogP contribution in [-0.4, -0.2) is 23.4 Å². The van der Waals surface area contributed by atoms with Gasteiger partial charge in [0, 0.05) is 0 Å². The highest BCUT2D eigenvalue weighted by atomic mass is 16.6. The predicted molar refractivity (Wildman–Crippen MR) is 30.7 cm³/mol. The van der Waals surface area contributed by atoms with Crippen molar-refractivity contribution in [2.24, 2.45) is 0 Å². The molecule has 0 saturated carbocycles. The molecular weight excluding hydrogens is 104 g/mol. The normalized spacial score (nSPS) is 39.4. The zero-order valence-electron chi connectivity index (χ0n) is 5.35. The predicted octanol–water partition coefficient (Wildman–Crippen LogP) is 0.546. The highest BCUT2D eigenvalue weighted by Crippen LogP contribution is 2.31. The molecule has 1 saturated heterocycles. The lowest BCUT2D eigenvalue weighted by Crippen LogP contribution is -2.24. The highest BCUT2D eigenvalue weighted by molar-refractivity contribution is 4.93. The van der Waals surface area contributed by atoms with E-state index in [2.05, 4.69) is 0 Å². The maximum Gasteiger partial charge on any atom is 0.114 e. The second-order valence-corrected chi connectivity index (χ2v) is 2.53. The Bertz CT molecular complexity index is 86.5. The van der Waals surface area contributed by atoms with Crippen molar-refractivity contribution in [3.05, 3.63) is 0 Å². The molecule has 1 fully saturated rings. The first kappa shape index (κ1) is 6.05. The zero-order valence-corrected chi connectivity index (χ0v) is 5.35. The van der Waals surface area contributed by atoms with Gasteiger partial charge in [0.25, 0.3) is 0 Å².